The lowest BCUT2D eigenvalue weighted by atomic mass is 10.4. The summed E-state index contributed by atoms with van der Waals surface area (Å²) in [5.41, 5.74) is 0. The lowest BCUT2D eigenvalue weighted by Gasteiger charge is -2.06. The molecule has 0 spiro atoms. The SMILES string of the molecule is CCS(=O)(=O)c1cnn(C(C)C)c1Br. The largest absolute Gasteiger partial charge is 0.255 e. The van der Waals surface area contributed by atoms with Crippen LogP contribution in [0.1, 0.15) is 26.8 Å². The summed E-state index contributed by atoms with van der Waals surface area (Å²) in [6.45, 7) is 5.51. The monoisotopic (exact) mass is 280 g/mol. The molecule has 1 heterocycles. The molecule has 0 aromatic carbocycles. The fourth-order valence-electron chi connectivity index (χ4n) is 1.06. The third-order valence-corrected chi connectivity index (χ3v) is 4.69. The Morgan fingerprint density at radius 1 is 1.57 bits per heavy atom. The van der Waals surface area contributed by atoms with Crippen LogP contribution < -0.4 is 0 Å². The van der Waals surface area contributed by atoms with E-state index < -0.39 is 9.84 Å². The van der Waals surface area contributed by atoms with Gasteiger partial charge in [0.1, 0.15) is 9.50 Å². The molecule has 6 heteroatoms. The van der Waals surface area contributed by atoms with Crippen LogP contribution in [-0.4, -0.2) is 24.0 Å². The van der Waals surface area contributed by atoms with E-state index in [9.17, 15) is 8.42 Å². The van der Waals surface area contributed by atoms with Crippen molar-refractivity contribution in [2.45, 2.75) is 31.7 Å². The molecule has 0 bridgehead atoms. The predicted octanol–water partition coefficient (Wildman–Crippen LogP) is 2.02. The number of hydrogen-bond donors (Lipinski definition) is 0. The summed E-state index contributed by atoms with van der Waals surface area (Å²) in [5.74, 6) is 0.0926. The van der Waals surface area contributed by atoms with E-state index in [1.54, 1.807) is 11.6 Å². The molecule has 0 radical (unpaired) electrons. The Morgan fingerprint density at radius 2 is 2.14 bits per heavy atom. The van der Waals surface area contributed by atoms with Gasteiger partial charge in [0.25, 0.3) is 0 Å². The van der Waals surface area contributed by atoms with Crippen molar-refractivity contribution in [3.8, 4) is 0 Å². The fourth-order valence-corrected chi connectivity index (χ4v) is 3.27. The van der Waals surface area contributed by atoms with Crippen LogP contribution in [-0.2, 0) is 9.84 Å². The molecule has 0 saturated heterocycles. The smallest absolute Gasteiger partial charge is 0.182 e. The van der Waals surface area contributed by atoms with Gasteiger partial charge in [0, 0.05) is 6.04 Å². The topological polar surface area (TPSA) is 52.0 Å². The first-order valence-electron chi connectivity index (χ1n) is 4.36. The van der Waals surface area contributed by atoms with Crippen molar-refractivity contribution in [3.05, 3.63) is 10.8 Å². The van der Waals surface area contributed by atoms with Crippen molar-refractivity contribution in [3.63, 3.8) is 0 Å². The van der Waals surface area contributed by atoms with Crippen molar-refractivity contribution in [1.82, 2.24) is 9.78 Å². The number of halogens is 1. The highest BCUT2D eigenvalue weighted by atomic mass is 79.9. The minimum atomic E-state index is -3.17. The maximum Gasteiger partial charge on any atom is 0.182 e. The van der Waals surface area contributed by atoms with Gasteiger partial charge in [0.15, 0.2) is 9.84 Å². The van der Waals surface area contributed by atoms with E-state index in [4.69, 9.17) is 0 Å². The zero-order valence-corrected chi connectivity index (χ0v) is 10.8. The van der Waals surface area contributed by atoms with E-state index in [-0.39, 0.29) is 16.7 Å². The van der Waals surface area contributed by atoms with Crippen LogP contribution in [0.15, 0.2) is 15.7 Å². The Balaban J connectivity index is 3.27. The van der Waals surface area contributed by atoms with Gasteiger partial charge in [-0.05, 0) is 29.8 Å². The van der Waals surface area contributed by atoms with E-state index >= 15 is 0 Å². The highest BCUT2D eigenvalue weighted by Gasteiger charge is 2.20. The molecular weight excluding hydrogens is 268 g/mol. The summed E-state index contributed by atoms with van der Waals surface area (Å²) in [6.07, 6.45) is 1.39. The maximum absolute atomic E-state index is 11.6. The number of sulfone groups is 1. The molecule has 1 rings (SSSR count). The van der Waals surface area contributed by atoms with E-state index in [0.717, 1.165) is 0 Å². The second kappa shape index (κ2) is 4.02. The number of aromatic nitrogens is 2. The molecule has 80 valence electrons. The average Bonchev–Trinajstić information content (AvgIpc) is 2.47. The molecule has 0 fully saturated rings. The van der Waals surface area contributed by atoms with Gasteiger partial charge in [-0.1, -0.05) is 6.92 Å². The van der Waals surface area contributed by atoms with Crippen LogP contribution in [0.5, 0.6) is 0 Å². The molecule has 1 aromatic heterocycles. The van der Waals surface area contributed by atoms with Crippen molar-refractivity contribution in [1.29, 1.82) is 0 Å². The molecule has 0 aliphatic carbocycles. The molecule has 0 N–H and O–H groups in total. The Bertz CT molecular complexity index is 423. The second-order valence-electron chi connectivity index (χ2n) is 3.24. The van der Waals surface area contributed by atoms with E-state index in [1.165, 1.54) is 6.20 Å². The predicted molar refractivity (Wildman–Crippen MR) is 58.0 cm³/mol. The molecule has 0 unspecified atom stereocenters. The Morgan fingerprint density at radius 3 is 2.50 bits per heavy atom. The Hall–Kier alpha value is -0.360. The van der Waals surface area contributed by atoms with Gasteiger partial charge in [-0.25, -0.2) is 8.42 Å². The first-order chi connectivity index (χ1) is 6.40. The molecule has 0 aliphatic heterocycles. The molecule has 14 heavy (non-hydrogen) atoms. The standard InChI is InChI=1S/C8H13BrN2O2S/c1-4-14(12,13)7-5-10-11(6(2)3)8(7)9/h5-6H,4H2,1-3H3. The molecule has 0 saturated carbocycles. The number of rotatable bonds is 3. The van der Waals surface area contributed by atoms with Gasteiger partial charge in [0.05, 0.1) is 11.9 Å². The molecular formula is C8H13BrN2O2S. The van der Waals surface area contributed by atoms with Gasteiger partial charge in [-0.3, -0.25) is 4.68 Å². The van der Waals surface area contributed by atoms with Crippen LogP contribution in [0, 0.1) is 0 Å². The Kier molecular flexibility index (Phi) is 3.36. The minimum absolute atomic E-state index is 0.0926. The molecule has 0 aliphatic rings. The second-order valence-corrected chi connectivity index (χ2v) is 6.24. The summed E-state index contributed by atoms with van der Waals surface area (Å²) in [6, 6.07) is 0.144. The van der Waals surface area contributed by atoms with Crippen LogP contribution in [0.25, 0.3) is 0 Å². The quantitative estimate of drug-likeness (QED) is 0.851. The van der Waals surface area contributed by atoms with Crippen LogP contribution in [0.2, 0.25) is 0 Å². The van der Waals surface area contributed by atoms with Crippen LogP contribution >= 0.6 is 15.9 Å². The molecule has 0 atom stereocenters. The highest BCUT2D eigenvalue weighted by Crippen LogP contribution is 2.24. The summed E-state index contributed by atoms with van der Waals surface area (Å²) >= 11 is 3.25. The van der Waals surface area contributed by atoms with Crippen molar-refractivity contribution >= 4 is 25.8 Å². The normalized spacial score (nSPS) is 12.4. The first kappa shape index (κ1) is 11.7. The third kappa shape index (κ3) is 2.00. The summed E-state index contributed by atoms with van der Waals surface area (Å²) in [4.78, 5) is 0.272. The van der Waals surface area contributed by atoms with Gasteiger partial charge in [-0.15, -0.1) is 0 Å². The lowest BCUT2D eigenvalue weighted by Crippen LogP contribution is -2.06. The molecule has 1 aromatic rings. The number of nitrogens with zero attached hydrogens (tertiary/aromatic N) is 2. The van der Waals surface area contributed by atoms with Gasteiger partial charge >= 0.3 is 0 Å². The fraction of sp³-hybridized carbons (Fsp3) is 0.625. The highest BCUT2D eigenvalue weighted by molar-refractivity contribution is 9.10. The van der Waals surface area contributed by atoms with Gasteiger partial charge in [0.2, 0.25) is 0 Å². The van der Waals surface area contributed by atoms with Crippen molar-refractivity contribution in [2.24, 2.45) is 0 Å². The van der Waals surface area contributed by atoms with Crippen LogP contribution in [0.4, 0.5) is 0 Å². The van der Waals surface area contributed by atoms with E-state index in [1.807, 2.05) is 13.8 Å². The zero-order chi connectivity index (χ0) is 10.9. The van der Waals surface area contributed by atoms with Crippen molar-refractivity contribution in [2.75, 3.05) is 5.75 Å². The maximum atomic E-state index is 11.6. The number of hydrogen-bond acceptors (Lipinski definition) is 3. The lowest BCUT2D eigenvalue weighted by molar-refractivity contribution is 0.520. The van der Waals surface area contributed by atoms with E-state index in [0.29, 0.717) is 4.60 Å². The zero-order valence-electron chi connectivity index (χ0n) is 8.36. The summed E-state index contributed by atoms with van der Waals surface area (Å²) in [7, 11) is -3.17. The minimum Gasteiger partial charge on any atom is -0.255 e. The van der Waals surface area contributed by atoms with E-state index in [2.05, 4.69) is 21.0 Å². The molecule has 0 amide bonds. The van der Waals surface area contributed by atoms with Gasteiger partial charge in [-0.2, -0.15) is 5.10 Å². The van der Waals surface area contributed by atoms with Crippen LogP contribution in [0.3, 0.4) is 0 Å². The summed E-state index contributed by atoms with van der Waals surface area (Å²) < 4.78 is 25.3. The first-order valence-corrected chi connectivity index (χ1v) is 6.80. The van der Waals surface area contributed by atoms with Gasteiger partial charge < -0.3 is 0 Å². The third-order valence-electron chi connectivity index (χ3n) is 1.91. The molecule has 4 nitrogen and oxygen atoms in total. The Labute approximate surface area is 92.4 Å². The summed E-state index contributed by atoms with van der Waals surface area (Å²) in [5, 5.41) is 4.02. The average molecular weight is 281 g/mol. The van der Waals surface area contributed by atoms with Crippen molar-refractivity contribution < 1.29 is 8.42 Å².